The number of benzene rings is 1. The Hall–Kier alpha value is -0.700. The molecule has 0 saturated carbocycles. The second-order valence-electron chi connectivity index (χ2n) is 4.13. The van der Waals surface area contributed by atoms with Crippen molar-refractivity contribution in [1.29, 1.82) is 0 Å². The first-order chi connectivity index (χ1) is 7.24. The second kappa shape index (κ2) is 4.28. The molecule has 4 heteroatoms. The minimum Gasteiger partial charge on any atom is -0.461 e. The van der Waals surface area contributed by atoms with Gasteiger partial charge in [0.2, 0.25) is 0 Å². The van der Waals surface area contributed by atoms with E-state index in [4.69, 9.17) is 16.0 Å². The Balaban J connectivity index is 0.000000963. The van der Waals surface area contributed by atoms with E-state index in [1.54, 1.807) is 0 Å². The number of rotatable bonds is 0. The van der Waals surface area contributed by atoms with Crippen LogP contribution in [-0.2, 0) is 13.0 Å². The van der Waals surface area contributed by atoms with Crippen molar-refractivity contribution in [2.75, 3.05) is 13.6 Å². The zero-order chi connectivity index (χ0) is 10.4. The zero-order valence-electron chi connectivity index (χ0n) is 9.00. The molecule has 1 aromatic carbocycles. The molecule has 2 aromatic rings. The maximum absolute atomic E-state index is 6.00. The van der Waals surface area contributed by atoms with Gasteiger partial charge >= 0.3 is 0 Å². The van der Waals surface area contributed by atoms with Gasteiger partial charge in [0.15, 0.2) is 0 Å². The van der Waals surface area contributed by atoms with Crippen molar-refractivity contribution in [3.8, 4) is 0 Å². The van der Waals surface area contributed by atoms with Gasteiger partial charge in [0.05, 0.1) is 0 Å². The average molecular weight is 258 g/mol. The van der Waals surface area contributed by atoms with Gasteiger partial charge in [-0.2, -0.15) is 0 Å². The lowest BCUT2D eigenvalue weighted by Gasteiger charge is -2.21. The molecule has 0 N–H and O–H groups in total. The Bertz CT molecular complexity index is 521. The van der Waals surface area contributed by atoms with Gasteiger partial charge in [-0.15, -0.1) is 12.4 Å². The molecule has 1 aliphatic rings. The molecule has 3 rings (SSSR count). The Morgan fingerprint density at radius 2 is 2.19 bits per heavy atom. The van der Waals surface area contributed by atoms with E-state index < -0.39 is 0 Å². The average Bonchev–Trinajstić information content (AvgIpc) is 2.56. The quantitative estimate of drug-likeness (QED) is 0.719. The van der Waals surface area contributed by atoms with E-state index >= 15 is 0 Å². The van der Waals surface area contributed by atoms with Crippen LogP contribution in [-0.4, -0.2) is 18.5 Å². The maximum atomic E-state index is 6.00. The third-order valence-corrected chi connectivity index (χ3v) is 3.22. The van der Waals surface area contributed by atoms with E-state index in [2.05, 4.69) is 11.9 Å². The molecule has 0 amide bonds. The van der Waals surface area contributed by atoms with Gasteiger partial charge in [0.1, 0.15) is 11.3 Å². The molecule has 0 aliphatic carbocycles. The summed E-state index contributed by atoms with van der Waals surface area (Å²) in [6.07, 6.45) is 0.998. The number of likely N-dealkylation sites (N-methyl/N-ethyl adjacent to an activating group) is 1. The molecule has 86 valence electrons. The van der Waals surface area contributed by atoms with Crippen LogP contribution in [0, 0.1) is 0 Å². The number of hydrogen-bond acceptors (Lipinski definition) is 2. The summed E-state index contributed by atoms with van der Waals surface area (Å²) < 4.78 is 5.81. The SMILES string of the molecule is CN1CCc2oc3ccc(Cl)cc3c2C1.Cl. The summed E-state index contributed by atoms with van der Waals surface area (Å²) in [4.78, 5) is 2.30. The van der Waals surface area contributed by atoms with Crippen molar-refractivity contribution in [1.82, 2.24) is 4.90 Å². The molecule has 0 radical (unpaired) electrons. The highest BCUT2D eigenvalue weighted by molar-refractivity contribution is 6.31. The largest absolute Gasteiger partial charge is 0.461 e. The van der Waals surface area contributed by atoms with Gasteiger partial charge in [-0.1, -0.05) is 11.6 Å². The van der Waals surface area contributed by atoms with Crippen LogP contribution in [0.4, 0.5) is 0 Å². The summed E-state index contributed by atoms with van der Waals surface area (Å²) in [5, 5.41) is 1.95. The van der Waals surface area contributed by atoms with Crippen molar-refractivity contribution in [2.45, 2.75) is 13.0 Å². The molecule has 0 bridgehead atoms. The standard InChI is InChI=1S/C12H12ClNO.ClH/c1-14-5-4-12-10(7-14)9-6-8(13)2-3-11(9)15-12;/h2-3,6H,4-5,7H2,1H3;1H. The molecule has 2 nitrogen and oxygen atoms in total. The lowest BCUT2D eigenvalue weighted by molar-refractivity contribution is 0.296. The Labute approximate surface area is 106 Å². The summed E-state index contributed by atoms with van der Waals surface area (Å²) >= 11 is 6.00. The van der Waals surface area contributed by atoms with Crippen LogP contribution in [0.3, 0.4) is 0 Å². The fourth-order valence-corrected chi connectivity index (χ4v) is 2.36. The number of nitrogens with zero attached hydrogens (tertiary/aromatic N) is 1. The Morgan fingerprint density at radius 1 is 1.38 bits per heavy atom. The van der Waals surface area contributed by atoms with E-state index in [1.807, 2.05) is 18.2 Å². The molecular formula is C12H13Cl2NO. The van der Waals surface area contributed by atoms with Crippen molar-refractivity contribution in [3.05, 3.63) is 34.5 Å². The van der Waals surface area contributed by atoms with Gasteiger partial charge in [0, 0.05) is 35.5 Å². The minimum absolute atomic E-state index is 0. The summed E-state index contributed by atoms with van der Waals surface area (Å²) in [6, 6.07) is 5.83. The van der Waals surface area contributed by atoms with Crippen LogP contribution < -0.4 is 0 Å². The highest BCUT2D eigenvalue weighted by Crippen LogP contribution is 2.31. The van der Waals surface area contributed by atoms with Gasteiger partial charge < -0.3 is 9.32 Å². The van der Waals surface area contributed by atoms with Crippen molar-refractivity contribution in [2.24, 2.45) is 0 Å². The van der Waals surface area contributed by atoms with E-state index in [9.17, 15) is 0 Å². The number of furan rings is 1. The van der Waals surface area contributed by atoms with Crippen molar-refractivity contribution in [3.63, 3.8) is 0 Å². The van der Waals surface area contributed by atoms with Crippen molar-refractivity contribution >= 4 is 35.0 Å². The summed E-state index contributed by atoms with van der Waals surface area (Å²) in [5.41, 5.74) is 2.26. The summed E-state index contributed by atoms with van der Waals surface area (Å²) in [7, 11) is 2.13. The first-order valence-corrected chi connectivity index (χ1v) is 5.50. The fourth-order valence-electron chi connectivity index (χ4n) is 2.19. The third-order valence-electron chi connectivity index (χ3n) is 2.99. The minimum atomic E-state index is 0. The van der Waals surface area contributed by atoms with Gasteiger partial charge in [-0.25, -0.2) is 0 Å². The third kappa shape index (κ3) is 1.81. The lowest BCUT2D eigenvalue weighted by Crippen LogP contribution is -2.25. The van der Waals surface area contributed by atoms with E-state index in [0.717, 1.165) is 35.9 Å². The molecule has 2 heterocycles. The predicted molar refractivity (Wildman–Crippen MR) is 68.5 cm³/mol. The molecule has 1 aliphatic heterocycles. The molecule has 0 saturated heterocycles. The molecule has 0 atom stereocenters. The fraction of sp³-hybridized carbons (Fsp3) is 0.333. The Morgan fingerprint density at radius 3 is 3.00 bits per heavy atom. The molecular weight excluding hydrogens is 245 g/mol. The highest BCUT2D eigenvalue weighted by atomic mass is 35.5. The highest BCUT2D eigenvalue weighted by Gasteiger charge is 2.20. The second-order valence-corrected chi connectivity index (χ2v) is 4.57. The first kappa shape index (κ1) is 11.8. The molecule has 0 spiro atoms. The van der Waals surface area contributed by atoms with Gasteiger partial charge in [-0.05, 0) is 25.2 Å². The predicted octanol–water partition coefficient (Wildman–Crippen LogP) is 3.50. The van der Waals surface area contributed by atoms with Crippen LogP contribution in [0.25, 0.3) is 11.0 Å². The van der Waals surface area contributed by atoms with Crippen LogP contribution in [0.2, 0.25) is 5.02 Å². The molecule has 0 fully saturated rings. The van der Waals surface area contributed by atoms with Crippen LogP contribution >= 0.6 is 24.0 Å². The smallest absolute Gasteiger partial charge is 0.134 e. The number of halogens is 2. The molecule has 16 heavy (non-hydrogen) atoms. The van der Waals surface area contributed by atoms with E-state index in [0.29, 0.717) is 0 Å². The van der Waals surface area contributed by atoms with Crippen LogP contribution in [0.1, 0.15) is 11.3 Å². The maximum Gasteiger partial charge on any atom is 0.134 e. The molecule has 0 unspecified atom stereocenters. The lowest BCUT2D eigenvalue weighted by atomic mass is 10.1. The van der Waals surface area contributed by atoms with Crippen LogP contribution in [0.5, 0.6) is 0 Å². The summed E-state index contributed by atoms with van der Waals surface area (Å²) in [6.45, 7) is 2.03. The van der Waals surface area contributed by atoms with Gasteiger partial charge in [-0.3, -0.25) is 0 Å². The number of fused-ring (bicyclic) bond motifs is 3. The zero-order valence-corrected chi connectivity index (χ0v) is 10.6. The summed E-state index contributed by atoms with van der Waals surface area (Å²) in [5.74, 6) is 1.13. The molecule has 1 aromatic heterocycles. The topological polar surface area (TPSA) is 16.4 Å². The van der Waals surface area contributed by atoms with Crippen molar-refractivity contribution < 1.29 is 4.42 Å². The monoisotopic (exact) mass is 257 g/mol. The Kier molecular flexibility index (Phi) is 3.15. The normalized spacial score (nSPS) is 15.9. The van der Waals surface area contributed by atoms with Crippen LogP contribution in [0.15, 0.2) is 22.6 Å². The van der Waals surface area contributed by atoms with E-state index in [-0.39, 0.29) is 12.4 Å². The first-order valence-electron chi connectivity index (χ1n) is 5.12. The van der Waals surface area contributed by atoms with Gasteiger partial charge in [0.25, 0.3) is 0 Å². The van der Waals surface area contributed by atoms with E-state index in [1.165, 1.54) is 10.9 Å². The number of hydrogen-bond donors (Lipinski definition) is 0.